The van der Waals surface area contributed by atoms with E-state index in [2.05, 4.69) is 15.6 Å². The first-order valence-electron chi connectivity index (χ1n) is 9.15. The summed E-state index contributed by atoms with van der Waals surface area (Å²) in [4.78, 5) is 27.8. The van der Waals surface area contributed by atoms with E-state index in [-0.39, 0.29) is 11.8 Å². The van der Waals surface area contributed by atoms with E-state index in [0.717, 1.165) is 11.8 Å². The average Bonchev–Trinajstić information content (AvgIpc) is 3.37. The predicted octanol–water partition coefficient (Wildman–Crippen LogP) is 3.80. The SMILES string of the molecule is CC(=O)NCc1ccc(-c2csc(NC(=O)C[C@H]3C[C@H]4CC[C@H]3C4)n2)o1. The van der Waals surface area contributed by atoms with Gasteiger partial charge in [0, 0.05) is 18.7 Å². The maximum Gasteiger partial charge on any atom is 0.226 e. The fraction of sp³-hybridized carbons (Fsp3) is 0.526. The minimum absolute atomic E-state index is 0.0641. The quantitative estimate of drug-likeness (QED) is 0.806. The fourth-order valence-electron chi connectivity index (χ4n) is 4.30. The van der Waals surface area contributed by atoms with E-state index in [1.54, 1.807) is 0 Å². The Morgan fingerprint density at radius 1 is 1.31 bits per heavy atom. The smallest absolute Gasteiger partial charge is 0.226 e. The molecule has 4 rings (SSSR count). The van der Waals surface area contributed by atoms with Gasteiger partial charge in [-0.05, 0) is 49.1 Å². The number of aromatic nitrogens is 1. The molecule has 0 spiro atoms. The van der Waals surface area contributed by atoms with E-state index >= 15 is 0 Å². The monoisotopic (exact) mass is 373 g/mol. The lowest BCUT2D eigenvalue weighted by molar-refractivity contribution is -0.119. The Balaban J connectivity index is 1.33. The molecular formula is C19H23N3O3S. The van der Waals surface area contributed by atoms with Crippen LogP contribution in [0.4, 0.5) is 5.13 Å². The zero-order valence-corrected chi connectivity index (χ0v) is 15.6. The number of carbonyl (C=O) groups is 2. The molecule has 6 nitrogen and oxygen atoms in total. The zero-order valence-electron chi connectivity index (χ0n) is 14.8. The Morgan fingerprint density at radius 2 is 2.19 bits per heavy atom. The van der Waals surface area contributed by atoms with Crippen LogP contribution in [0.3, 0.4) is 0 Å². The van der Waals surface area contributed by atoms with Crippen LogP contribution in [0.25, 0.3) is 11.5 Å². The van der Waals surface area contributed by atoms with Crippen LogP contribution in [0.15, 0.2) is 21.9 Å². The number of furan rings is 1. The zero-order chi connectivity index (χ0) is 18.1. The molecule has 2 bridgehead atoms. The molecule has 2 saturated carbocycles. The van der Waals surface area contributed by atoms with Gasteiger partial charge in [0.25, 0.3) is 0 Å². The summed E-state index contributed by atoms with van der Waals surface area (Å²) in [7, 11) is 0. The molecule has 0 saturated heterocycles. The molecule has 2 aromatic heterocycles. The van der Waals surface area contributed by atoms with Crippen molar-refractivity contribution in [3.05, 3.63) is 23.3 Å². The number of thiazole rings is 1. The third-order valence-corrected chi connectivity index (χ3v) is 6.27. The molecule has 2 N–H and O–H groups in total. The van der Waals surface area contributed by atoms with E-state index < -0.39 is 0 Å². The van der Waals surface area contributed by atoms with Gasteiger partial charge in [0.1, 0.15) is 11.5 Å². The first-order chi connectivity index (χ1) is 12.6. The molecule has 138 valence electrons. The lowest BCUT2D eigenvalue weighted by Gasteiger charge is -2.20. The van der Waals surface area contributed by atoms with Crippen molar-refractivity contribution in [1.82, 2.24) is 10.3 Å². The van der Waals surface area contributed by atoms with E-state index in [1.807, 2.05) is 17.5 Å². The fourth-order valence-corrected chi connectivity index (χ4v) is 5.02. The number of hydrogen-bond acceptors (Lipinski definition) is 5. The van der Waals surface area contributed by atoms with Crippen LogP contribution >= 0.6 is 11.3 Å². The number of nitrogens with zero attached hydrogens (tertiary/aromatic N) is 1. The molecule has 3 atom stereocenters. The van der Waals surface area contributed by atoms with Gasteiger partial charge < -0.3 is 15.1 Å². The summed E-state index contributed by atoms with van der Waals surface area (Å²) >= 11 is 1.40. The molecule has 0 aliphatic heterocycles. The van der Waals surface area contributed by atoms with Crippen molar-refractivity contribution >= 4 is 28.3 Å². The van der Waals surface area contributed by atoms with Crippen LogP contribution in [0.1, 0.15) is 44.8 Å². The highest BCUT2D eigenvalue weighted by molar-refractivity contribution is 7.14. The molecule has 2 aliphatic rings. The first-order valence-corrected chi connectivity index (χ1v) is 10.0. The number of carbonyl (C=O) groups excluding carboxylic acids is 2. The van der Waals surface area contributed by atoms with Gasteiger partial charge in [0.2, 0.25) is 11.8 Å². The van der Waals surface area contributed by atoms with E-state index in [9.17, 15) is 9.59 Å². The summed E-state index contributed by atoms with van der Waals surface area (Å²) in [6, 6.07) is 3.64. The third-order valence-electron chi connectivity index (χ3n) is 5.51. The topological polar surface area (TPSA) is 84.2 Å². The van der Waals surface area contributed by atoms with E-state index in [1.165, 1.54) is 43.9 Å². The Morgan fingerprint density at radius 3 is 2.92 bits per heavy atom. The largest absolute Gasteiger partial charge is 0.458 e. The predicted molar refractivity (Wildman–Crippen MR) is 99.5 cm³/mol. The van der Waals surface area contributed by atoms with Crippen LogP contribution in [0, 0.1) is 17.8 Å². The van der Waals surface area contributed by atoms with Gasteiger partial charge in [-0.25, -0.2) is 4.98 Å². The second-order valence-corrected chi connectivity index (χ2v) is 8.26. The van der Waals surface area contributed by atoms with Crippen molar-refractivity contribution in [3.8, 4) is 11.5 Å². The van der Waals surface area contributed by atoms with Crippen LogP contribution in [0.5, 0.6) is 0 Å². The minimum Gasteiger partial charge on any atom is -0.458 e. The highest BCUT2D eigenvalue weighted by atomic mass is 32.1. The summed E-state index contributed by atoms with van der Waals surface area (Å²) in [5.41, 5.74) is 0.694. The van der Waals surface area contributed by atoms with Crippen LogP contribution in [0.2, 0.25) is 0 Å². The van der Waals surface area contributed by atoms with Gasteiger partial charge in [-0.15, -0.1) is 11.3 Å². The molecular weight excluding hydrogens is 350 g/mol. The standard InChI is InChI=1S/C19H23N3O3S/c1-11(23)20-9-15-4-5-17(25-15)16-10-26-19(21-16)22-18(24)8-14-7-12-2-3-13(14)6-12/h4-5,10,12-14H,2-3,6-9H2,1H3,(H,20,23)(H,21,22,24)/t12-,13-,14+/m0/s1. The molecule has 2 aromatic rings. The number of fused-ring (bicyclic) bond motifs is 2. The molecule has 0 radical (unpaired) electrons. The molecule has 2 heterocycles. The average molecular weight is 373 g/mol. The molecule has 2 amide bonds. The minimum atomic E-state index is -0.0999. The summed E-state index contributed by atoms with van der Waals surface area (Å²) in [5, 5.41) is 8.11. The Labute approximate surface area is 156 Å². The molecule has 26 heavy (non-hydrogen) atoms. The van der Waals surface area contributed by atoms with Crippen molar-refractivity contribution in [1.29, 1.82) is 0 Å². The van der Waals surface area contributed by atoms with Crippen molar-refractivity contribution in [3.63, 3.8) is 0 Å². The maximum absolute atomic E-state index is 12.3. The van der Waals surface area contributed by atoms with Gasteiger partial charge >= 0.3 is 0 Å². The number of amides is 2. The van der Waals surface area contributed by atoms with E-state index in [0.29, 0.717) is 41.2 Å². The molecule has 0 unspecified atom stereocenters. The van der Waals surface area contributed by atoms with Gasteiger partial charge in [0.05, 0.1) is 6.54 Å². The number of anilines is 1. The van der Waals surface area contributed by atoms with Crippen molar-refractivity contribution in [2.45, 2.75) is 45.6 Å². The Hall–Kier alpha value is -2.15. The summed E-state index contributed by atoms with van der Waals surface area (Å²) in [6.45, 7) is 1.82. The second-order valence-electron chi connectivity index (χ2n) is 7.40. The third kappa shape index (κ3) is 3.82. The Bertz CT molecular complexity index is 813. The number of nitrogens with one attached hydrogen (secondary N) is 2. The van der Waals surface area contributed by atoms with Crippen LogP contribution in [-0.4, -0.2) is 16.8 Å². The molecule has 2 aliphatic carbocycles. The number of hydrogen-bond donors (Lipinski definition) is 2. The highest BCUT2D eigenvalue weighted by Crippen LogP contribution is 2.49. The first kappa shape index (κ1) is 17.3. The molecule has 0 aromatic carbocycles. The molecule has 7 heteroatoms. The van der Waals surface area contributed by atoms with Crippen molar-refractivity contribution in [2.75, 3.05) is 5.32 Å². The van der Waals surface area contributed by atoms with Gasteiger partial charge in [0.15, 0.2) is 10.9 Å². The van der Waals surface area contributed by atoms with E-state index in [4.69, 9.17) is 4.42 Å². The normalized spacial score (nSPS) is 24.0. The Kier molecular flexibility index (Phi) is 4.80. The van der Waals surface area contributed by atoms with Crippen LogP contribution < -0.4 is 10.6 Å². The lowest BCUT2D eigenvalue weighted by atomic mass is 9.86. The van der Waals surface area contributed by atoms with Crippen molar-refractivity contribution < 1.29 is 14.0 Å². The lowest BCUT2D eigenvalue weighted by Crippen LogP contribution is -2.20. The van der Waals surface area contributed by atoms with Gasteiger partial charge in [-0.3, -0.25) is 9.59 Å². The van der Waals surface area contributed by atoms with Gasteiger partial charge in [-0.2, -0.15) is 0 Å². The van der Waals surface area contributed by atoms with Crippen LogP contribution in [-0.2, 0) is 16.1 Å². The highest BCUT2D eigenvalue weighted by Gasteiger charge is 2.40. The summed E-state index contributed by atoms with van der Waals surface area (Å²) in [6.07, 6.45) is 5.79. The summed E-state index contributed by atoms with van der Waals surface area (Å²) in [5.74, 6) is 3.43. The number of rotatable bonds is 6. The second kappa shape index (κ2) is 7.23. The molecule has 2 fully saturated rings. The van der Waals surface area contributed by atoms with Crippen molar-refractivity contribution in [2.24, 2.45) is 17.8 Å². The van der Waals surface area contributed by atoms with Gasteiger partial charge in [-0.1, -0.05) is 6.42 Å². The maximum atomic E-state index is 12.3. The summed E-state index contributed by atoms with van der Waals surface area (Å²) < 4.78 is 5.70.